The van der Waals surface area contributed by atoms with Gasteiger partial charge >= 0.3 is 0 Å². The van der Waals surface area contributed by atoms with Crippen molar-refractivity contribution in [2.75, 3.05) is 0 Å². The van der Waals surface area contributed by atoms with E-state index in [9.17, 15) is 0 Å². The molecule has 4 aliphatic rings. The highest BCUT2D eigenvalue weighted by Crippen LogP contribution is 2.85. The summed E-state index contributed by atoms with van der Waals surface area (Å²) in [6.07, 6.45) is 12.8. The third kappa shape index (κ3) is 0.482. The molecule has 0 heteroatoms. The maximum Gasteiger partial charge on any atom is -0.0207 e. The van der Waals surface area contributed by atoms with E-state index in [1.807, 2.05) is 0 Å². The lowest BCUT2D eigenvalue weighted by molar-refractivity contribution is 0.254. The molecule has 0 aromatic rings. The third-order valence-corrected chi connectivity index (χ3v) is 5.81. The summed E-state index contributed by atoms with van der Waals surface area (Å²) >= 11 is 0. The maximum atomic E-state index is 1.64. The molecule has 12 heavy (non-hydrogen) atoms. The van der Waals surface area contributed by atoms with Gasteiger partial charge < -0.3 is 0 Å². The van der Waals surface area contributed by atoms with Crippen LogP contribution < -0.4 is 0 Å². The first-order chi connectivity index (χ1) is 5.87. The molecule has 0 aliphatic heterocycles. The topological polar surface area (TPSA) is 0 Å². The molecule has 4 atom stereocenters. The molecule has 4 unspecified atom stereocenters. The smallest absolute Gasteiger partial charge is 0.0207 e. The Bertz CT molecular complexity index is 218. The zero-order chi connectivity index (χ0) is 7.81. The summed E-state index contributed by atoms with van der Waals surface area (Å²) in [4.78, 5) is 0. The van der Waals surface area contributed by atoms with Gasteiger partial charge in [-0.3, -0.25) is 0 Å². The van der Waals surface area contributed by atoms with E-state index in [-0.39, 0.29) is 0 Å². The van der Waals surface area contributed by atoms with Gasteiger partial charge in [0.05, 0.1) is 0 Å². The lowest BCUT2D eigenvalue weighted by atomic mass is 9.81. The molecule has 0 N–H and O–H groups in total. The largest absolute Gasteiger partial charge is 0.0525 e. The van der Waals surface area contributed by atoms with Crippen LogP contribution >= 0.6 is 0 Å². The Morgan fingerprint density at radius 2 is 1.25 bits per heavy atom. The second-order valence-corrected chi connectivity index (χ2v) is 5.90. The fraction of sp³-hybridized carbons (Fsp3) is 1.00. The van der Waals surface area contributed by atoms with E-state index < -0.39 is 0 Å². The highest BCUT2D eigenvalue weighted by molar-refractivity contribution is 5.25. The molecule has 0 bridgehead atoms. The van der Waals surface area contributed by atoms with Crippen molar-refractivity contribution in [1.82, 2.24) is 0 Å². The molecule has 0 heterocycles. The molecule has 4 fully saturated rings. The molecular formula is C12H18. The highest BCUT2D eigenvalue weighted by Gasteiger charge is 2.76. The molecule has 0 saturated heterocycles. The minimum Gasteiger partial charge on any atom is -0.0525 e. The SMILES string of the molecule is C1CC2CC2(C23CCCC2C3)C1. The van der Waals surface area contributed by atoms with Crippen LogP contribution in [0.25, 0.3) is 0 Å². The standard InChI is InChI=1S/C12H18/c1-3-9-7-11(9,5-1)12-6-2-4-10(12)8-12/h9-10H,1-8H2. The zero-order valence-electron chi connectivity index (χ0n) is 7.81. The van der Waals surface area contributed by atoms with Crippen molar-refractivity contribution in [3.63, 3.8) is 0 Å². The minimum absolute atomic E-state index is 0.953. The van der Waals surface area contributed by atoms with E-state index in [1.54, 1.807) is 51.4 Å². The Morgan fingerprint density at radius 3 is 1.50 bits per heavy atom. The summed E-state index contributed by atoms with van der Waals surface area (Å²) in [5.41, 5.74) is 1.91. The van der Waals surface area contributed by atoms with Gasteiger partial charge in [-0.2, -0.15) is 0 Å². The molecule has 66 valence electrons. The number of fused-ring (bicyclic) bond motifs is 3. The molecule has 0 amide bonds. The second kappa shape index (κ2) is 1.63. The lowest BCUT2D eigenvalue weighted by Crippen LogP contribution is -2.16. The van der Waals surface area contributed by atoms with Crippen LogP contribution in [0.4, 0.5) is 0 Å². The van der Waals surface area contributed by atoms with Crippen LogP contribution in [0.15, 0.2) is 0 Å². The van der Waals surface area contributed by atoms with Gasteiger partial charge in [0.25, 0.3) is 0 Å². The molecule has 0 nitrogen and oxygen atoms in total. The summed E-state index contributed by atoms with van der Waals surface area (Å²) in [5.74, 6) is 2.42. The fourth-order valence-electron chi connectivity index (χ4n) is 5.18. The van der Waals surface area contributed by atoms with Gasteiger partial charge in [0, 0.05) is 0 Å². The summed E-state index contributed by atoms with van der Waals surface area (Å²) in [7, 11) is 0. The van der Waals surface area contributed by atoms with Crippen LogP contribution in [0, 0.1) is 22.7 Å². The van der Waals surface area contributed by atoms with Crippen LogP contribution in [-0.2, 0) is 0 Å². The van der Waals surface area contributed by atoms with Crippen LogP contribution in [0.5, 0.6) is 0 Å². The van der Waals surface area contributed by atoms with E-state index in [0.717, 1.165) is 10.8 Å². The predicted octanol–water partition coefficient (Wildman–Crippen LogP) is 3.37. The first kappa shape index (κ1) is 6.45. The van der Waals surface area contributed by atoms with Gasteiger partial charge in [-0.15, -0.1) is 0 Å². The minimum atomic E-state index is 0.953. The van der Waals surface area contributed by atoms with Crippen molar-refractivity contribution in [3.05, 3.63) is 0 Å². The van der Waals surface area contributed by atoms with Gasteiger partial charge in [0.1, 0.15) is 0 Å². The normalized spacial score (nSPS) is 66.0. The Labute approximate surface area is 74.7 Å². The van der Waals surface area contributed by atoms with E-state index in [2.05, 4.69) is 0 Å². The Morgan fingerprint density at radius 1 is 0.750 bits per heavy atom. The molecule has 4 saturated carbocycles. The molecular weight excluding hydrogens is 144 g/mol. The van der Waals surface area contributed by atoms with E-state index >= 15 is 0 Å². The number of hydrogen-bond donors (Lipinski definition) is 0. The monoisotopic (exact) mass is 162 g/mol. The lowest BCUT2D eigenvalue weighted by Gasteiger charge is -2.23. The van der Waals surface area contributed by atoms with Crippen molar-refractivity contribution in [1.29, 1.82) is 0 Å². The Balaban J connectivity index is 1.73. The first-order valence-corrected chi connectivity index (χ1v) is 5.87. The second-order valence-electron chi connectivity index (χ2n) is 5.90. The summed E-state index contributed by atoms with van der Waals surface area (Å²) in [6.45, 7) is 0. The summed E-state index contributed by atoms with van der Waals surface area (Å²) < 4.78 is 0. The van der Waals surface area contributed by atoms with Gasteiger partial charge in [0.15, 0.2) is 0 Å². The van der Waals surface area contributed by atoms with Crippen molar-refractivity contribution in [2.24, 2.45) is 22.7 Å². The molecule has 0 aromatic heterocycles. The number of rotatable bonds is 1. The van der Waals surface area contributed by atoms with Crippen LogP contribution in [0.2, 0.25) is 0 Å². The predicted molar refractivity (Wildman–Crippen MR) is 48.8 cm³/mol. The van der Waals surface area contributed by atoms with Gasteiger partial charge in [-0.05, 0) is 61.2 Å². The van der Waals surface area contributed by atoms with Gasteiger partial charge in [-0.1, -0.05) is 12.8 Å². The highest BCUT2D eigenvalue weighted by atomic mass is 14.8. The third-order valence-electron chi connectivity index (χ3n) is 5.81. The van der Waals surface area contributed by atoms with Crippen LogP contribution in [-0.4, -0.2) is 0 Å². The van der Waals surface area contributed by atoms with E-state index in [1.165, 1.54) is 11.8 Å². The van der Waals surface area contributed by atoms with Crippen molar-refractivity contribution < 1.29 is 0 Å². The Hall–Kier alpha value is 0. The van der Waals surface area contributed by atoms with Crippen molar-refractivity contribution in [3.8, 4) is 0 Å². The Kier molecular flexibility index (Phi) is 0.875. The molecule has 0 radical (unpaired) electrons. The van der Waals surface area contributed by atoms with E-state index in [0.29, 0.717) is 0 Å². The summed E-state index contributed by atoms with van der Waals surface area (Å²) in [6, 6.07) is 0. The first-order valence-electron chi connectivity index (χ1n) is 5.87. The molecule has 4 aliphatic carbocycles. The fourth-order valence-corrected chi connectivity index (χ4v) is 5.18. The molecule has 4 rings (SSSR count). The van der Waals surface area contributed by atoms with Crippen molar-refractivity contribution in [2.45, 2.75) is 51.4 Å². The number of hydrogen-bond acceptors (Lipinski definition) is 0. The van der Waals surface area contributed by atoms with Gasteiger partial charge in [-0.25, -0.2) is 0 Å². The quantitative estimate of drug-likeness (QED) is 0.554. The van der Waals surface area contributed by atoms with Crippen LogP contribution in [0.1, 0.15) is 51.4 Å². The average Bonchev–Trinajstić information content (AvgIpc) is 2.91. The molecule has 0 spiro atoms. The maximum absolute atomic E-state index is 1.64. The summed E-state index contributed by atoms with van der Waals surface area (Å²) in [5, 5.41) is 0. The van der Waals surface area contributed by atoms with E-state index in [4.69, 9.17) is 0 Å². The zero-order valence-corrected chi connectivity index (χ0v) is 7.81. The molecule has 0 aromatic carbocycles. The van der Waals surface area contributed by atoms with Crippen molar-refractivity contribution >= 4 is 0 Å². The van der Waals surface area contributed by atoms with Crippen LogP contribution in [0.3, 0.4) is 0 Å². The van der Waals surface area contributed by atoms with Gasteiger partial charge in [0.2, 0.25) is 0 Å². The average molecular weight is 162 g/mol.